The van der Waals surface area contributed by atoms with Crippen molar-refractivity contribution in [2.24, 2.45) is 0 Å². The molecule has 0 bridgehead atoms. The zero-order chi connectivity index (χ0) is 24.0. The maximum Gasteiger partial charge on any atom is 0.282 e. The molecular formula is C26H24N6O2S. The monoisotopic (exact) mass is 484 g/mol. The van der Waals surface area contributed by atoms with Gasteiger partial charge < -0.3 is 10.3 Å². The molecule has 0 spiro atoms. The second-order valence-corrected chi connectivity index (χ2v) is 9.01. The van der Waals surface area contributed by atoms with Crippen LogP contribution in [0.2, 0.25) is 0 Å². The number of thioether (sulfide) groups is 1. The van der Waals surface area contributed by atoms with Crippen molar-refractivity contribution in [2.75, 3.05) is 12.3 Å². The second kappa shape index (κ2) is 10.5. The van der Waals surface area contributed by atoms with Crippen LogP contribution in [0.4, 0.5) is 0 Å². The van der Waals surface area contributed by atoms with E-state index in [1.807, 2.05) is 54.7 Å². The number of aromatic nitrogens is 5. The maximum atomic E-state index is 13.2. The molecule has 176 valence electrons. The van der Waals surface area contributed by atoms with Crippen molar-refractivity contribution in [3.8, 4) is 0 Å². The van der Waals surface area contributed by atoms with Gasteiger partial charge in [0, 0.05) is 42.6 Å². The molecule has 5 aromatic rings. The summed E-state index contributed by atoms with van der Waals surface area (Å²) in [5, 5.41) is 4.53. The Morgan fingerprint density at radius 2 is 1.80 bits per heavy atom. The molecule has 3 aromatic heterocycles. The first kappa shape index (κ1) is 22.8. The van der Waals surface area contributed by atoms with E-state index in [1.165, 1.54) is 29.7 Å². The van der Waals surface area contributed by atoms with E-state index < -0.39 is 0 Å². The minimum Gasteiger partial charge on any atom is -0.361 e. The molecule has 3 heterocycles. The highest BCUT2D eigenvalue weighted by Crippen LogP contribution is 2.20. The van der Waals surface area contributed by atoms with E-state index in [0.717, 1.165) is 22.9 Å². The van der Waals surface area contributed by atoms with Crippen molar-refractivity contribution in [2.45, 2.75) is 24.5 Å². The van der Waals surface area contributed by atoms with Crippen molar-refractivity contribution < 1.29 is 4.79 Å². The van der Waals surface area contributed by atoms with E-state index >= 15 is 0 Å². The fourth-order valence-electron chi connectivity index (χ4n) is 3.98. The lowest BCUT2D eigenvalue weighted by Gasteiger charge is -2.12. The number of hydrogen-bond acceptors (Lipinski definition) is 6. The summed E-state index contributed by atoms with van der Waals surface area (Å²) < 4.78 is 1.60. The number of nitrogens with one attached hydrogen (secondary N) is 2. The molecule has 0 aliphatic heterocycles. The SMILES string of the molecule is O=C(CSc1nc2nccnc2c(=O)n1CCc1c[nH]c2ccccc12)NCCc1ccccc1. The molecule has 0 saturated carbocycles. The van der Waals surface area contributed by atoms with Gasteiger partial charge in [0.15, 0.2) is 16.3 Å². The van der Waals surface area contributed by atoms with Gasteiger partial charge in [-0.2, -0.15) is 0 Å². The Morgan fingerprint density at radius 3 is 2.69 bits per heavy atom. The number of amides is 1. The molecule has 2 aromatic carbocycles. The summed E-state index contributed by atoms with van der Waals surface area (Å²) in [6, 6.07) is 18.1. The van der Waals surface area contributed by atoms with Crippen LogP contribution in [0.15, 0.2) is 83.1 Å². The van der Waals surface area contributed by atoms with Gasteiger partial charge in [0.2, 0.25) is 5.91 Å². The third kappa shape index (κ3) is 5.25. The number of hydrogen-bond donors (Lipinski definition) is 2. The van der Waals surface area contributed by atoms with Gasteiger partial charge in [-0.25, -0.2) is 15.0 Å². The molecule has 35 heavy (non-hydrogen) atoms. The summed E-state index contributed by atoms with van der Waals surface area (Å²) in [7, 11) is 0. The largest absolute Gasteiger partial charge is 0.361 e. The zero-order valence-electron chi connectivity index (χ0n) is 19.0. The molecule has 0 unspecified atom stereocenters. The van der Waals surface area contributed by atoms with Crippen LogP contribution in [0.5, 0.6) is 0 Å². The number of H-pyrrole nitrogens is 1. The lowest BCUT2D eigenvalue weighted by atomic mass is 10.1. The van der Waals surface area contributed by atoms with Crippen molar-refractivity contribution in [1.29, 1.82) is 0 Å². The molecule has 0 aliphatic rings. The summed E-state index contributed by atoms with van der Waals surface area (Å²) in [4.78, 5) is 41.9. The standard InChI is InChI=1S/C26H24N6O2S/c33-22(27-12-10-18-6-2-1-3-7-18)17-35-26-31-24-23(28-13-14-29-24)25(34)32(26)15-11-19-16-30-21-9-5-4-8-20(19)21/h1-9,13-14,16,30H,10-12,15,17H2,(H,27,33). The van der Waals surface area contributed by atoms with Gasteiger partial charge in [0.05, 0.1) is 5.75 Å². The number of aryl methyl sites for hydroxylation is 1. The predicted molar refractivity (Wildman–Crippen MR) is 137 cm³/mol. The first-order valence-electron chi connectivity index (χ1n) is 11.4. The predicted octanol–water partition coefficient (Wildman–Crippen LogP) is 3.36. The van der Waals surface area contributed by atoms with Gasteiger partial charge in [-0.3, -0.25) is 14.2 Å². The van der Waals surface area contributed by atoms with Gasteiger partial charge >= 0.3 is 0 Å². The van der Waals surface area contributed by atoms with Crippen molar-refractivity contribution in [3.63, 3.8) is 0 Å². The van der Waals surface area contributed by atoms with Crippen molar-refractivity contribution in [3.05, 3.63) is 94.7 Å². The van der Waals surface area contributed by atoms with Gasteiger partial charge in [0.25, 0.3) is 5.56 Å². The van der Waals surface area contributed by atoms with Crippen LogP contribution in [0.25, 0.3) is 22.1 Å². The molecule has 2 N–H and O–H groups in total. The van der Waals surface area contributed by atoms with Gasteiger partial charge in [-0.15, -0.1) is 0 Å². The Bertz CT molecular complexity index is 1530. The van der Waals surface area contributed by atoms with E-state index in [0.29, 0.717) is 24.7 Å². The Morgan fingerprint density at radius 1 is 1.00 bits per heavy atom. The number of benzene rings is 2. The molecule has 5 rings (SSSR count). The first-order chi connectivity index (χ1) is 17.2. The first-order valence-corrected chi connectivity index (χ1v) is 12.4. The normalized spacial score (nSPS) is 11.2. The number of carbonyl (C=O) groups is 1. The number of rotatable bonds is 9. The third-order valence-corrected chi connectivity index (χ3v) is 6.73. The summed E-state index contributed by atoms with van der Waals surface area (Å²) >= 11 is 1.24. The highest BCUT2D eigenvalue weighted by molar-refractivity contribution is 7.99. The molecule has 0 aliphatic carbocycles. The number of carbonyl (C=O) groups excluding carboxylic acids is 1. The quantitative estimate of drug-likeness (QED) is 0.246. The molecule has 0 saturated heterocycles. The molecule has 0 radical (unpaired) electrons. The zero-order valence-corrected chi connectivity index (χ0v) is 19.8. The van der Waals surface area contributed by atoms with E-state index in [4.69, 9.17) is 0 Å². The topological polar surface area (TPSA) is 106 Å². The molecule has 1 amide bonds. The van der Waals surface area contributed by atoms with Gasteiger partial charge in [0.1, 0.15) is 0 Å². The van der Waals surface area contributed by atoms with E-state index in [-0.39, 0.29) is 28.4 Å². The highest BCUT2D eigenvalue weighted by atomic mass is 32.2. The molecule has 9 heteroatoms. The second-order valence-electron chi connectivity index (χ2n) is 8.06. The fraction of sp³-hybridized carbons (Fsp3) is 0.192. The minimum absolute atomic E-state index is 0.109. The summed E-state index contributed by atoms with van der Waals surface area (Å²) in [5.74, 6) is 0.0442. The fourth-order valence-corrected chi connectivity index (χ4v) is 4.82. The number of fused-ring (bicyclic) bond motifs is 2. The van der Waals surface area contributed by atoms with E-state index in [9.17, 15) is 9.59 Å². The third-order valence-electron chi connectivity index (χ3n) is 5.75. The highest BCUT2D eigenvalue weighted by Gasteiger charge is 2.15. The Hall–Kier alpha value is -3.98. The molecule has 0 atom stereocenters. The van der Waals surface area contributed by atoms with Crippen LogP contribution in [-0.4, -0.2) is 42.7 Å². The summed E-state index contributed by atoms with van der Waals surface area (Å²) in [6.07, 6.45) is 6.36. The number of aromatic amines is 1. The average molecular weight is 485 g/mol. The van der Waals surface area contributed by atoms with Gasteiger partial charge in [-0.05, 0) is 30.0 Å². The molecule has 0 fully saturated rings. The lowest BCUT2D eigenvalue weighted by Crippen LogP contribution is -2.29. The van der Waals surface area contributed by atoms with Crippen molar-refractivity contribution >= 4 is 39.7 Å². The maximum absolute atomic E-state index is 13.2. The average Bonchev–Trinajstić information content (AvgIpc) is 3.31. The molecule has 8 nitrogen and oxygen atoms in total. The van der Waals surface area contributed by atoms with Crippen LogP contribution >= 0.6 is 11.8 Å². The number of para-hydroxylation sites is 1. The van der Waals surface area contributed by atoms with Crippen LogP contribution in [0, 0.1) is 0 Å². The van der Waals surface area contributed by atoms with Crippen LogP contribution in [-0.2, 0) is 24.2 Å². The van der Waals surface area contributed by atoms with Crippen molar-refractivity contribution in [1.82, 2.24) is 29.8 Å². The number of nitrogens with zero attached hydrogens (tertiary/aromatic N) is 4. The van der Waals surface area contributed by atoms with E-state index in [1.54, 1.807) is 4.57 Å². The smallest absolute Gasteiger partial charge is 0.282 e. The molecular weight excluding hydrogens is 460 g/mol. The Labute approximate surface area is 205 Å². The van der Waals surface area contributed by atoms with Crippen LogP contribution < -0.4 is 10.9 Å². The van der Waals surface area contributed by atoms with E-state index in [2.05, 4.69) is 31.3 Å². The summed E-state index contributed by atoms with van der Waals surface area (Å²) in [5.41, 5.74) is 3.59. The van der Waals surface area contributed by atoms with Crippen LogP contribution in [0.1, 0.15) is 11.1 Å². The Balaban J connectivity index is 1.31. The minimum atomic E-state index is -0.255. The van der Waals surface area contributed by atoms with Crippen LogP contribution in [0.3, 0.4) is 0 Å². The van der Waals surface area contributed by atoms with Gasteiger partial charge in [-0.1, -0.05) is 60.3 Å². The summed E-state index contributed by atoms with van der Waals surface area (Å²) in [6.45, 7) is 0.964. The lowest BCUT2D eigenvalue weighted by molar-refractivity contribution is -0.118. The Kier molecular flexibility index (Phi) is 6.85.